The van der Waals surface area contributed by atoms with Crippen LogP contribution in [0.5, 0.6) is 0 Å². The maximum atomic E-state index is 12.2. The van der Waals surface area contributed by atoms with Crippen LogP contribution in [0, 0.1) is 5.92 Å². The molecule has 116 valence electrons. The van der Waals surface area contributed by atoms with E-state index in [0.717, 1.165) is 19.1 Å². The molecular weight excluding hydrogens is 466 g/mol. The molecule has 1 fully saturated rings. The summed E-state index contributed by atoms with van der Waals surface area (Å²) in [7, 11) is 1.96. The lowest BCUT2D eigenvalue weighted by Crippen LogP contribution is -2.43. The van der Waals surface area contributed by atoms with Crippen LogP contribution in [0.3, 0.4) is 0 Å². The molecule has 1 atom stereocenters. The van der Waals surface area contributed by atoms with Crippen molar-refractivity contribution in [1.29, 1.82) is 0 Å². The molecule has 0 saturated heterocycles. The molecular formula is C14H18Br3N3O. The van der Waals surface area contributed by atoms with E-state index in [9.17, 15) is 4.79 Å². The molecule has 0 aromatic heterocycles. The first kappa shape index (κ1) is 17.4. The van der Waals surface area contributed by atoms with Crippen LogP contribution < -0.4 is 11.1 Å². The number of benzene rings is 1. The largest absolute Gasteiger partial charge is 0.329 e. The van der Waals surface area contributed by atoms with Crippen molar-refractivity contribution >= 4 is 59.4 Å². The molecule has 7 heteroatoms. The van der Waals surface area contributed by atoms with Crippen molar-refractivity contribution in [2.75, 3.05) is 25.5 Å². The Morgan fingerprint density at radius 2 is 1.95 bits per heavy atom. The number of carbonyl (C=O) groups is 1. The standard InChI is InChI=1S/C14H18Br3N3O/c1-20(12(6-18)8-2-3-8)7-13(21)19-14-10(16)4-9(15)5-11(14)17/h4-5,8,12H,2-3,6-7,18H2,1H3,(H,19,21). The third kappa shape index (κ3) is 4.76. The fourth-order valence-electron chi connectivity index (χ4n) is 2.40. The maximum Gasteiger partial charge on any atom is 0.238 e. The van der Waals surface area contributed by atoms with Gasteiger partial charge in [-0.25, -0.2) is 0 Å². The summed E-state index contributed by atoms with van der Waals surface area (Å²) in [5.74, 6) is 0.610. The van der Waals surface area contributed by atoms with Crippen molar-refractivity contribution in [2.45, 2.75) is 18.9 Å². The number of likely N-dealkylation sites (N-methyl/N-ethyl adjacent to an activating group) is 1. The molecule has 0 radical (unpaired) electrons. The summed E-state index contributed by atoms with van der Waals surface area (Å²) >= 11 is 10.3. The number of hydrogen-bond donors (Lipinski definition) is 2. The van der Waals surface area contributed by atoms with Gasteiger partial charge >= 0.3 is 0 Å². The van der Waals surface area contributed by atoms with Gasteiger partial charge in [-0.1, -0.05) is 15.9 Å². The molecule has 3 N–H and O–H groups in total. The Balaban J connectivity index is 1.98. The van der Waals surface area contributed by atoms with E-state index in [4.69, 9.17) is 5.73 Å². The molecule has 0 bridgehead atoms. The summed E-state index contributed by atoms with van der Waals surface area (Å²) in [4.78, 5) is 14.3. The third-order valence-electron chi connectivity index (χ3n) is 3.64. The van der Waals surface area contributed by atoms with Gasteiger partial charge in [-0.3, -0.25) is 9.69 Å². The van der Waals surface area contributed by atoms with Crippen molar-refractivity contribution in [1.82, 2.24) is 4.90 Å². The molecule has 2 rings (SSSR count). The molecule has 1 amide bonds. The fraction of sp³-hybridized carbons (Fsp3) is 0.500. The van der Waals surface area contributed by atoms with Gasteiger partial charge in [0.15, 0.2) is 0 Å². The first-order valence-electron chi connectivity index (χ1n) is 6.77. The summed E-state index contributed by atoms with van der Waals surface area (Å²) in [6.45, 7) is 0.938. The second-order valence-corrected chi connectivity index (χ2v) is 7.97. The van der Waals surface area contributed by atoms with Crippen molar-refractivity contribution < 1.29 is 4.79 Å². The van der Waals surface area contributed by atoms with E-state index in [1.165, 1.54) is 12.8 Å². The van der Waals surface area contributed by atoms with Gasteiger partial charge in [0.1, 0.15) is 0 Å². The number of nitrogens with one attached hydrogen (secondary N) is 1. The van der Waals surface area contributed by atoms with Crippen LogP contribution >= 0.6 is 47.8 Å². The van der Waals surface area contributed by atoms with Crippen molar-refractivity contribution in [2.24, 2.45) is 11.7 Å². The zero-order valence-electron chi connectivity index (χ0n) is 11.7. The molecule has 4 nitrogen and oxygen atoms in total. The highest BCUT2D eigenvalue weighted by Gasteiger charge is 2.33. The highest BCUT2D eigenvalue weighted by Crippen LogP contribution is 2.35. The second kappa shape index (κ2) is 7.55. The molecule has 1 saturated carbocycles. The van der Waals surface area contributed by atoms with Crippen LogP contribution in [0.25, 0.3) is 0 Å². The Kier molecular flexibility index (Phi) is 6.25. The van der Waals surface area contributed by atoms with Crippen LogP contribution in [0.4, 0.5) is 5.69 Å². The lowest BCUT2D eigenvalue weighted by molar-refractivity contribution is -0.117. The number of carbonyl (C=O) groups excluding carboxylic acids is 1. The molecule has 1 aromatic carbocycles. The third-order valence-corrected chi connectivity index (χ3v) is 5.35. The predicted octanol–water partition coefficient (Wildman–Crippen LogP) is 3.58. The first-order valence-corrected chi connectivity index (χ1v) is 9.15. The molecule has 1 unspecified atom stereocenters. The van der Waals surface area contributed by atoms with E-state index in [2.05, 4.69) is 53.1 Å². The summed E-state index contributed by atoms with van der Waals surface area (Å²) in [6, 6.07) is 4.10. The van der Waals surface area contributed by atoms with Crippen LogP contribution in [-0.4, -0.2) is 37.0 Å². The normalized spacial score (nSPS) is 16.1. The minimum absolute atomic E-state index is 0.0414. The Hall–Kier alpha value is 0.0500. The molecule has 0 spiro atoms. The highest BCUT2D eigenvalue weighted by molar-refractivity contribution is 9.11. The van der Waals surface area contributed by atoms with Crippen LogP contribution in [0.15, 0.2) is 25.6 Å². The first-order chi connectivity index (χ1) is 9.92. The summed E-state index contributed by atoms with van der Waals surface area (Å²) < 4.78 is 2.60. The lowest BCUT2D eigenvalue weighted by Gasteiger charge is -2.26. The van der Waals surface area contributed by atoms with Gasteiger partial charge in [-0.15, -0.1) is 0 Å². The van der Waals surface area contributed by atoms with Crippen molar-refractivity contribution in [3.63, 3.8) is 0 Å². The smallest absolute Gasteiger partial charge is 0.238 e. The molecule has 1 aliphatic rings. The van der Waals surface area contributed by atoms with E-state index in [-0.39, 0.29) is 5.91 Å². The Labute approximate surface area is 150 Å². The number of nitrogens with zero attached hydrogens (tertiary/aromatic N) is 1. The number of nitrogens with two attached hydrogens (primary N) is 1. The van der Waals surface area contributed by atoms with Crippen molar-refractivity contribution in [3.8, 4) is 0 Å². The lowest BCUT2D eigenvalue weighted by atomic mass is 10.1. The second-order valence-electron chi connectivity index (χ2n) is 5.35. The van der Waals surface area contributed by atoms with Crippen LogP contribution in [0.2, 0.25) is 0 Å². The number of halogens is 3. The monoisotopic (exact) mass is 481 g/mol. The van der Waals surface area contributed by atoms with Gasteiger partial charge in [0.2, 0.25) is 5.91 Å². The Bertz CT molecular complexity index is 511. The van der Waals surface area contributed by atoms with Gasteiger partial charge < -0.3 is 11.1 Å². The Morgan fingerprint density at radius 1 is 1.38 bits per heavy atom. The van der Waals surface area contributed by atoms with Gasteiger partial charge in [0, 0.05) is 26.0 Å². The topological polar surface area (TPSA) is 58.4 Å². The average molecular weight is 484 g/mol. The minimum atomic E-state index is -0.0414. The number of amides is 1. The minimum Gasteiger partial charge on any atom is -0.329 e. The van der Waals surface area contributed by atoms with E-state index >= 15 is 0 Å². The van der Waals surface area contributed by atoms with Crippen LogP contribution in [-0.2, 0) is 4.79 Å². The van der Waals surface area contributed by atoms with Crippen LogP contribution in [0.1, 0.15) is 12.8 Å². The number of hydrogen-bond acceptors (Lipinski definition) is 3. The van der Waals surface area contributed by atoms with E-state index in [1.54, 1.807) is 0 Å². The molecule has 1 aliphatic carbocycles. The van der Waals surface area contributed by atoms with Gasteiger partial charge in [0.05, 0.1) is 12.2 Å². The molecule has 1 aromatic rings. The SMILES string of the molecule is CN(CC(=O)Nc1c(Br)cc(Br)cc1Br)C(CN)C1CC1. The average Bonchev–Trinajstić information content (AvgIpc) is 3.19. The van der Waals surface area contributed by atoms with Crippen molar-refractivity contribution in [3.05, 3.63) is 25.6 Å². The molecule has 0 aliphatic heterocycles. The van der Waals surface area contributed by atoms with E-state index in [1.807, 2.05) is 24.1 Å². The predicted molar refractivity (Wildman–Crippen MR) is 96.4 cm³/mol. The fourth-order valence-corrected chi connectivity index (χ4v) is 4.85. The highest BCUT2D eigenvalue weighted by atomic mass is 79.9. The summed E-state index contributed by atoms with van der Waals surface area (Å²) in [5.41, 5.74) is 6.56. The van der Waals surface area contributed by atoms with E-state index in [0.29, 0.717) is 25.0 Å². The van der Waals surface area contributed by atoms with Gasteiger partial charge in [0.25, 0.3) is 0 Å². The summed E-state index contributed by atoms with van der Waals surface area (Å²) in [5, 5.41) is 2.94. The van der Waals surface area contributed by atoms with Gasteiger partial charge in [-0.05, 0) is 69.8 Å². The zero-order valence-corrected chi connectivity index (χ0v) is 16.5. The molecule has 0 heterocycles. The van der Waals surface area contributed by atoms with Gasteiger partial charge in [-0.2, -0.15) is 0 Å². The molecule has 21 heavy (non-hydrogen) atoms. The zero-order chi connectivity index (χ0) is 15.6. The Morgan fingerprint density at radius 3 is 2.43 bits per heavy atom. The number of rotatable bonds is 6. The quantitative estimate of drug-likeness (QED) is 0.650. The van der Waals surface area contributed by atoms with E-state index < -0.39 is 0 Å². The number of anilines is 1. The maximum absolute atomic E-state index is 12.2. The summed E-state index contributed by atoms with van der Waals surface area (Å²) in [6.07, 6.45) is 2.44.